The largest absolute Gasteiger partial charge is 0.444 e. The first kappa shape index (κ1) is 20.5. The Kier molecular flexibility index (Phi) is 4.87. The topological polar surface area (TPSA) is 91.4 Å². The lowest BCUT2D eigenvalue weighted by molar-refractivity contribution is 0.0275. The van der Waals surface area contributed by atoms with Gasteiger partial charge >= 0.3 is 6.09 Å². The van der Waals surface area contributed by atoms with Gasteiger partial charge in [0, 0.05) is 38.0 Å². The van der Waals surface area contributed by atoms with E-state index >= 15 is 0 Å². The number of rotatable bonds is 2. The normalized spacial score (nSPS) is 20.6. The molecular formula is C24H27N5O3. The predicted octanol–water partition coefficient (Wildman–Crippen LogP) is 3.56. The Bertz CT molecular complexity index is 1130. The molecular weight excluding hydrogens is 406 g/mol. The molecule has 0 bridgehead atoms. The summed E-state index contributed by atoms with van der Waals surface area (Å²) >= 11 is 0. The minimum absolute atomic E-state index is 0.0822. The molecule has 166 valence electrons. The third-order valence-corrected chi connectivity index (χ3v) is 6.03. The molecule has 1 N–H and O–H groups in total. The van der Waals surface area contributed by atoms with Crippen molar-refractivity contribution >= 4 is 23.0 Å². The van der Waals surface area contributed by atoms with Crippen molar-refractivity contribution in [3.8, 4) is 11.5 Å². The van der Waals surface area contributed by atoms with Crippen molar-refractivity contribution < 1.29 is 14.3 Å². The summed E-state index contributed by atoms with van der Waals surface area (Å²) in [4.78, 5) is 41.6. The Labute approximate surface area is 186 Å². The number of H-pyrrole nitrogens is 1. The Hall–Kier alpha value is -3.42. The molecule has 2 saturated heterocycles. The molecule has 2 amide bonds. The van der Waals surface area contributed by atoms with E-state index < -0.39 is 5.60 Å². The van der Waals surface area contributed by atoms with Gasteiger partial charge in [0.05, 0.1) is 11.0 Å². The molecule has 0 aliphatic carbocycles. The maximum atomic E-state index is 13.2. The van der Waals surface area contributed by atoms with Crippen LogP contribution >= 0.6 is 0 Å². The van der Waals surface area contributed by atoms with Crippen LogP contribution in [0.5, 0.6) is 0 Å². The van der Waals surface area contributed by atoms with Crippen LogP contribution in [-0.4, -0.2) is 68.5 Å². The summed E-state index contributed by atoms with van der Waals surface area (Å²) in [6.07, 6.45) is -0.273. The molecule has 8 heteroatoms. The van der Waals surface area contributed by atoms with Crippen molar-refractivity contribution in [2.24, 2.45) is 11.8 Å². The van der Waals surface area contributed by atoms with E-state index in [4.69, 9.17) is 4.74 Å². The molecule has 0 spiro atoms. The number of likely N-dealkylation sites (tertiary alicyclic amines) is 2. The molecule has 0 saturated carbocycles. The zero-order chi connectivity index (χ0) is 22.5. The van der Waals surface area contributed by atoms with Gasteiger partial charge in [-0.15, -0.1) is 0 Å². The molecule has 2 aliphatic heterocycles. The minimum Gasteiger partial charge on any atom is -0.444 e. The van der Waals surface area contributed by atoms with Crippen molar-refractivity contribution in [2.75, 3.05) is 26.2 Å². The van der Waals surface area contributed by atoms with E-state index in [1.165, 1.54) is 0 Å². The predicted molar refractivity (Wildman–Crippen MR) is 120 cm³/mol. The number of nitrogens with zero attached hydrogens (tertiary/aromatic N) is 4. The first-order valence-corrected chi connectivity index (χ1v) is 11.0. The fraction of sp³-hybridized carbons (Fsp3) is 0.417. The zero-order valence-electron chi connectivity index (χ0n) is 18.5. The molecule has 2 unspecified atom stereocenters. The summed E-state index contributed by atoms with van der Waals surface area (Å²) in [5.41, 5.74) is 2.34. The number of aromatic nitrogens is 3. The maximum Gasteiger partial charge on any atom is 0.410 e. The highest BCUT2D eigenvalue weighted by Gasteiger charge is 2.44. The van der Waals surface area contributed by atoms with Crippen LogP contribution in [0.15, 0.2) is 42.5 Å². The lowest BCUT2D eigenvalue weighted by Gasteiger charge is -2.26. The second-order valence-electron chi connectivity index (χ2n) is 9.63. The number of carbonyl (C=O) groups excluding carboxylic acids is 2. The van der Waals surface area contributed by atoms with Crippen LogP contribution in [0, 0.1) is 11.8 Å². The molecule has 5 rings (SSSR count). The number of hydrogen-bond donors (Lipinski definition) is 1. The number of benzene rings is 1. The lowest BCUT2D eigenvalue weighted by atomic mass is 10.0. The lowest BCUT2D eigenvalue weighted by Crippen LogP contribution is -2.38. The van der Waals surface area contributed by atoms with Gasteiger partial charge in [0.2, 0.25) is 0 Å². The van der Waals surface area contributed by atoms with Crippen LogP contribution in [0.4, 0.5) is 4.79 Å². The van der Waals surface area contributed by atoms with Gasteiger partial charge in [-0.05, 0) is 45.0 Å². The fourth-order valence-corrected chi connectivity index (χ4v) is 4.56. The number of carbonyl (C=O) groups is 2. The number of amides is 2. The summed E-state index contributed by atoms with van der Waals surface area (Å²) in [7, 11) is 0. The monoisotopic (exact) mass is 433 g/mol. The van der Waals surface area contributed by atoms with Gasteiger partial charge < -0.3 is 19.5 Å². The quantitative estimate of drug-likeness (QED) is 0.667. The van der Waals surface area contributed by atoms with E-state index in [0.29, 0.717) is 43.4 Å². The second kappa shape index (κ2) is 7.62. The average Bonchev–Trinajstić information content (AvgIpc) is 3.44. The van der Waals surface area contributed by atoms with E-state index in [9.17, 15) is 9.59 Å². The van der Waals surface area contributed by atoms with Crippen molar-refractivity contribution in [2.45, 2.75) is 26.4 Å². The van der Waals surface area contributed by atoms with Crippen LogP contribution in [0.3, 0.4) is 0 Å². The molecule has 1 aromatic carbocycles. The molecule has 0 radical (unpaired) electrons. The van der Waals surface area contributed by atoms with E-state index in [0.717, 1.165) is 11.0 Å². The number of ether oxygens (including phenoxy) is 1. The van der Waals surface area contributed by atoms with E-state index in [1.807, 2.05) is 62.1 Å². The van der Waals surface area contributed by atoms with Gasteiger partial charge in [-0.25, -0.2) is 14.8 Å². The highest BCUT2D eigenvalue weighted by atomic mass is 16.6. The molecule has 3 aromatic rings. The number of hydrogen-bond acceptors (Lipinski definition) is 5. The van der Waals surface area contributed by atoms with Crippen molar-refractivity contribution in [3.05, 3.63) is 48.2 Å². The number of nitrogens with one attached hydrogen (secondary N) is 1. The minimum atomic E-state index is -0.507. The smallest absolute Gasteiger partial charge is 0.410 e. The van der Waals surface area contributed by atoms with E-state index in [2.05, 4.69) is 15.0 Å². The van der Waals surface area contributed by atoms with Gasteiger partial charge in [0.15, 0.2) is 5.82 Å². The van der Waals surface area contributed by atoms with Crippen LogP contribution < -0.4 is 0 Å². The molecule has 2 atom stereocenters. The summed E-state index contributed by atoms with van der Waals surface area (Å²) in [5.74, 6) is 1.10. The Morgan fingerprint density at radius 3 is 2.31 bits per heavy atom. The number of para-hydroxylation sites is 2. The third-order valence-electron chi connectivity index (χ3n) is 6.03. The number of pyridine rings is 1. The Morgan fingerprint density at radius 2 is 1.62 bits per heavy atom. The van der Waals surface area contributed by atoms with Gasteiger partial charge in [-0.2, -0.15) is 0 Å². The summed E-state index contributed by atoms with van der Waals surface area (Å²) < 4.78 is 5.50. The SMILES string of the molecule is CC(C)(C)OC(=O)N1CC2CN(C(=O)c3cccc(-c4nc5ccccc5[nH]4)n3)CC2C1. The maximum absolute atomic E-state index is 13.2. The van der Waals surface area contributed by atoms with E-state index in [1.54, 1.807) is 11.0 Å². The highest BCUT2D eigenvalue weighted by molar-refractivity contribution is 5.93. The highest BCUT2D eigenvalue weighted by Crippen LogP contribution is 2.32. The van der Waals surface area contributed by atoms with Gasteiger partial charge in [0.25, 0.3) is 5.91 Å². The van der Waals surface area contributed by atoms with Gasteiger partial charge in [-0.1, -0.05) is 18.2 Å². The second-order valence-corrected chi connectivity index (χ2v) is 9.63. The van der Waals surface area contributed by atoms with Crippen molar-refractivity contribution in [1.82, 2.24) is 24.8 Å². The standard InChI is InChI=1S/C24H27N5O3/c1-24(2,3)32-23(31)29-13-15-11-28(12-16(15)14-29)22(30)20-10-6-9-19(25-20)21-26-17-7-4-5-8-18(17)27-21/h4-10,15-16H,11-14H2,1-3H3,(H,26,27). The molecule has 2 fully saturated rings. The van der Waals surface area contributed by atoms with E-state index in [-0.39, 0.29) is 23.8 Å². The summed E-state index contributed by atoms with van der Waals surface area (Å²) in [6, 6.07) is 13.2. The molecule has 8 nitrogen and oxygen atoms in total. The fourth-order valence-electron chi connectivity index (χ4n) is 4.56. The van der Waals surface area contributed by atoms with Crippen molar-refractivity contribution in [1.29, 1.82) is 0 Å². The summed E-state index contributed by atoms with van der Waals surface area (Å²) in [6.45, 7) is 8.10. The zero-order valence-corrected chi connectivity index (χ0v) is 18.5. The number of fused-ring (bicyclic) bond motifs is 2. The number of aromatic amines is 1. The first-order chi connectivity index (χ1) is 15.3. The van der Waals surface area contributed by atoms with Crippen LogP contribution in [0.1, 0.15) is 31.3 Å². The Morgan fingerprint density at radius 1 is 0.938 bits per heavy atom. The summed E-state index contributed by atoms with van der Waals surface area (Å²) in [5, 5.41) is 0. The average molecular weight is 434 g/mol. The molecule has 4 heterocycles. The van der Waals surface area contributed by atoms with Crippen LogP contribution in [0.25, 0.3) is 22.6 Å². The molecule has 32 heavy (non-hydrogen) atoms. The van der Waals surface area contributed by atoms with Crippen molar-refractivity contribution in [3.63, 3.8) is 0 Å². The Balaban J connectivity index is 1.27. The molecule has 2 aliphatic rings. The van der Waals surface area contributed by atoms with Gasteiger partial charge in [0.1, 0.15) is 17.0 Å². The third kappa shape index (κ3) is 3.92. The van der Waals surface area contributed by atoms with Gasteiger partial charge in [-0.3, -0.25) is 4.79 Å². The number of imidazole rings is 1. The molecule has 2 aromatic heterocycles. The first-order valence-electron chi connectivity index (χ1n) is 11.0. The van der Waals surface area contributed by atoms with Crippen LogP contribution in [0.2, 0.25) is 0 Å². The van der Waals surface area contributed by atoms with Crippen LogP contribution in [-0.2, 0) is 4.74 Å².